The molecular formula is C14H14N6O2. The van der Waals surface area contributed by atoms with Gasteiger partial charge in [0.25, 0.3) is 11.3 Å². The maximum absolute atomic E-state index is 10.7. The summed E-state index contributed by atoms with van der Waals surface area (Å²) in [4.78, 5) is 19.1. The standard InChI is InChI=1S/C14H14N6O2/c1-9-8-13-18(3)17-14(19(13)10(2)15-9)16-11-4-6-12(7-5-11)20(21)22/h4-8H,1-3H3. The lowest BCUT2D eigenvalue weighted by Gasteiger charge is -1.97. The molecule has 0 amide bonds. The largest absolute Gasteiger partial charge is 0.323 e. The Morgan fingerprint density at radius 2 is 2.00 bits per heavy atom. The van der Waals surface area contributed by atoms with Crippen LogP contribution in [0.15, 0.2) is 35.3 Å². The van der Waals surface area contributed by atoms with Crippen molar-refractivity contribution in [2.24, 2.45) is 12.0 Å². The van der Waals surface area contributed by atoms with Crippen LogP contribution in [0.25, 0.3) is 5.65 Å². The molecule has 2 heterocycles. The Balaban J connectivity index is 2.19. The van der Waals surface area contributed by atoms with Gasteiger partial charge < -0.3 is 4.99 Å². The topological polar surface area (TPSA) is 90.8 Å². The Bertz CT molecular complexity index is 936. The van der Waals surface area contributed by atoms with Gasteiger partial charge in [0, 0.05) is 24.8 Å². The molecule has 1 aromatic carbocycles. The molecule has 0 radical (unpaired) electrons. The molecule has 3 rings (SSSR count). The summed E-state index contributed by atoms with van der Waals surface area (Å²) in [6.07, 6.45) is 0. The van der Waals surface area contributed by atoms with Crippen molar-refractivity contribution in [3.63, 3.8) is 0 Å². The molecule has 2 aromatic heterocycles. The third-order valence-corrected chi connectivity index (χ3v) is 3.29. The average Bonchev–Trinajstić information content (AvgIpc) is 2.76. The Kier molecular flexibility index (Phi) is 3.21. The van der Waals surface area contributed by atoms with Gasteiger partial charge in [0.1, 0.15) is 0 Å². The van der Waals surface area contributed by atoms with Gasteiger partial charge in [-0.1, -0.05) is 0 Å². The average molecular weight is 298 g/mol. The zero-order chi connectivity index (χ0) is 15.9. The van der Waals surface area contributed by atoms with Crippen LogP contribution in [0.4, 0.5) is 11.4 Å². The normalized spacial score (nSPS) is 12.0. The van der Waals surface area contributed by atoms with E-state index >= 15 is 0 Å². The summed E-state index contributed by atoms with van der Waals surface area (Å²) in [6, 6.07) is 7.95. The molecule has 0 N–H and O–H groups in total. The molecule has 0 atom stereocenters. The molecule has 0 saturated heterocycles. The van der Waals surface area contributed by atoms with E-state index in [-0.39, 0.29) is 5.69 Å². The molecule has 0 saturated carbocycles. The second kappa shape index (κ2) is 5.06. The first-order valence-electron chi connectivity index (χ1n) is 6.65. The molecule has 0 fully saturated rings. The summed E-state index contributed by atoms with van der Waals surface area (Å²) < 4.78 is 3.57. The predicted molar refractivity (Wildman–Crippen MR) is 77.5 cm³/mol. The van der Waals surface area contributed by atoms with Gasteiger partial charge in [0.2, 0.25) is 5.62 Å². The van der Waals surface area contributed by atoms with Gasteiger partial charge in [-0.15, -0.1) is 0 Å². The van der Waals surface area contributed by atoms with Crippen molar-refractivity contribution in [2.75, 3.05) is 0 Å². The van der Waals surface area contributed by atoms with Crippen molar-refractivity contribution in [3.05, 3.63) is 57.6 Å². The lowest BCUT2D eigenvalue weighted by molar-refractivity contribution is -0.710. The van der Waals surface area contributed by atoms with E-state index in [1.54, 1.807) is 16.8 Å². The molecule has 0 aliphatic carbocycles. The fourth-order valence-electron chi connectivity index (χ4n) is 2.31. The minimum atomic E-state index is -0.439. The van der Waals surface area contributed by atoms with Crippen LogP contribution in [-0.2, 0) is 7.05 Å². The number of nitrogens with zero attached hydrogens (tertiary/aromatic N) is 6. The second-order valence-electron chi connectivity index (χ2n) is 4.95. The fraction of sp³-hybridized carbons (Fsp3) is 0.214. The molecule has 8 nitrogen and oxygen atoms in total. The quantitative estimate of drug-likeness (QED) is 0.399. The Hall–Kier alpha value is -3.03. The van der Waals surface area contributed by atoms with E-state index in [0.29, 0.717) is 11.3 Å². The van der Waals surface area contributed by atoms with E-state index in [9.17, 15) is 10.1 Å². The van der Waals surface area contributed by atoms with Crippen LogP contribution in [0.1, 0.15) is 11.5 Å². The van der Waals surface area contributed by atoms with E-state index in [0.717, 1.165) is 17.2 Å². The van der Waals surface area contributed by atoms with Gasteiger partial charge in [0.05, 0.1) is 18.0 Å². The van der Waals surface area contributed by atoms with E-state index in [1.807, 2.05) is 31.4 Å². The molecule has 0 spiro atoms. The second-order valence-corrected chi connectivity index (χ2v) is 4.95. The van der Waals surface area contributed by atoms with Crippen molar-refractivity contribution in [1.29, 1.82) is 0 Å². The third kappa shape index (κ3) is 2.34. The van der Waals surface area contributed by atoms with Crippen LogP contribution in [0.3, 0.4) is 0 Å². The Labute approximate surface area is 125 Å². The molecule has 22 heavy (non-hydrogen) atoms. The molecule has 0 unspecified atom stereocenters. The molecule has 3 aromatic rings. The maximum Gasteiger partial charge on any atom is 0.298 e. The highest BCUT2D eigenvalue weighted by Gasteiger charge is 2.12. The predicted octanol–water partition coefficient (Wildman–Crippen LogP) is 0.873. The van der Waals surface area contributed by atoms with Crippen molar-refractivity contribution < 1.29 is 9.61 Å². The number of aryl methyl sites for hydroxylation is 3. The van der Waals surface area contributed by atoms with E-state index in [1.165, 1.54) is 12.1 Å². The summed E-state index contributed by atoms with van der Waals surface area (Å²) in [5.41, 5.74) is 2.90. The van der Waals surface area contributed by atoms with Crippen LogP contribution in [0.5, 0.6) is 0 Å². The Morgan fingerprint density at radius 3 is 2.64 bits per heavy atom. The first-order valence-corrected chi connectivity index (χ1v) is 6.65. The summed E-state index contributed by atoms with van der Waals surface area (Å²) in [5, 5.41) is 15.1. The van der Waals surface area contributed by atoms with E-state index in [4.69, 9.17) is 0 Å². The number of benzene rings is 1. The number of hydrogen-bond acceptors (Lipinski definition) is 4. The summed E-state index contributed by atoms with van der Waals surface area (Å²) in [5.74, 6) is 0.781. The number of hydrogen-bond donors (Lipinski definition) is 0. The number of rotatable bonds is 2. The van der Waals surface area contributed by atoms with Crippen LogP contribution >= 0.6 is 0 Å². The van der Waals surface area contributed by atoms with Crippen molar-refractivity contribution >= 4 is 17.0 Å². The highest BCUT2D eigenvalue weighted by Crippen LogP contribution is 2.17. The first-order chi connectivity index (χ1) is 10.5. The number of non-ortho nitro benzene ring substituents is 1. The fourth-order valence-corrected chi connectivity index (χ4v) is 2.31. The lowest BCUT2D eigenvalue weighted by Crippen LogP contribution is -2.35. The van der Waals surface area contributed by atoms with Crippen molar-refractivity contribution in [3.8, 4) is 0 Å². The van der Waals surface area contributed by atoms with Gasteiger partial charge in [-0.25, -0.2) is 4.98 Å². The van der Waals surface area contributed by atoms with Crippen LogP contribution in [0, 0.1) is 24.0 Å². The van der Waals surface area contributed by atoms with E-state index < -0.39 is 4.92 Å². The van der Waals surface area contributed by atoms with Crippen LogP contribution in [0.2, 0.25) is 0 Å². The summed E-state index contributed by atoms with van der Waals surface area (Å²) >= 11 is 0. The molecule has 112 valence electrons. The highest BCUT2D eigenvalue weighted by molar-refractivity contribution is 5.44. The first kappa shape index (κ1) is 13.9. The molecular weight excluding hydrogens is 284 g/mol. The van der Waals surface area contributed by atoms with Crippen molar-refractivity contribution in [2.45, 2.75) is 13.8 Å². The van der Waals surface area contributed by atoms with Crippen LogP contribution in [-0.4, -0.2) is 14.3 Å². The molecule has 0 aliphatic heterocycles. The highest BCUT2D eigenvalue weighted by atomic mass is 16.6. The van der Waals surface area contributed by atoms with Crippen LogP contribution < -0.4 is 15.4 Å². The molecule has 0 aliphatic rings. The zero-order valence-electron chi connectivity index (χ0n) is 12.4. The number of fused-ring (bicyclic) bond motifs is 1. The molecule has 0 bridgehead atoms. The molecule has 8 heteroatoms. The van der Waals surface area contributed by atoms with Crippen molar-refractivity contribution in [1.82, 2.24) is 14.5 Å². The number of nitro benzene ring substituents is 1. The minimum Gasteiger partial charge on any atom is -0.323 e. The summed E-state index contributed by atoms with van der Waals surface area (Å²) in [7, 11) is 1.84. The summed E-state index contributed by atoms with van der Waals surface area (Å²) in [6.45, 7) is 3.81. The van der Waals surface area contributed by atoms with Gasteiger partial charge in [0.15, 0.2) is 5.82 Å². The van der Waals surface area contributed by atoms with Gasteiger partial charge >= 0.3 is 0 Å². The SMILES string of the molecule is Cc1cc2n(c(C)n1)c(=Nc1ccc([N+](=O)[O-])cc1)[n-][n+]2C. The van der Waals surface area contributed by atoms with E-state index in [2.05, 4.69) is 15.1 Å². The Morgan fingerprint density at radius 1 is 1.32 bits per heavy atom. The zero-order valence-corrected chi connectivity index (χ0v) is 12.4. The van der Waals surface area contributed by atoms with Gasteiger partial charge in [-0.05, 0) is 24.7 Å². The maximum atomic E-state index is 10.7. The number of nitro groups is 1. The number of aromatic nitrogens is 4. The smallest absolute Gasteiger partial charge is 0.298 e. The van der Waals surface area contributed by atoms with Gasteiger partial charge in [-0.3, -0.25) is 10.1 Å². The van der Waals surface area contributed by atoms with Gasteiger partial charge in [-0.2, -0.15) is 14.2 Å². The minimum absolute atomic E-state index is 0.0333. The third-order valence-electron chi connectivity index (χ3n) is 3.29. The monoisotopic (exact) mass is 298 g/mol. The lowest BCUT2D eigenvalue weighted by atomic mass is 10.3.